The van der Waals surface area contributed by atoms with Gasteiger partial charge in [-0.3, -0.25) is 4.79 Å². The maximum absolute atomic E-state index is 11.6. The molecule has 0 saturated heterocycles. The molecule has 1 unspecified atom stereocenters. The van der Waals surface area contributed by atoms with E-state index in [0.29, 0.717) is 19.3 Å². The second-order valence-electron chi connectivity index (χ2n) is 4.33. The van der Waals surface area contributed by atoms with Gasteiger partial charge in [0.15, 0.2) is 0 Å². The van der Waals surface area contributed by atoms with Crippen LogP contribution in [-0.2, 0) is 9.59 Å². The molecule has 0 bridgehead atoms. The van der Waals surface area contributed by atoms with Crippen molar-refractivity contribution in [3.05, 3.63) is 0 Å². The highest BCUT2D eigenvalue weighted by molar-refractivity contribution is 5.92. The zero-order valence-corrected chi connectivity index (χ0v) is 9.12. The molecule has 86 valence electrons. The first kappa shape index (κ1) is 12.0. The van der Waals surface area contributed by atoms with E-state index in [1.165, 1.54) is 0 Å². The molecule has 0 aromatic heterocycles. The minimum atomic E-state index is -0.998. The van der Waals surface area contributed by atoms with Gasteiger partial charge >= 0.3 is 5.97 Å². The largest absolute Gasteiger partial charge is 0.480 e. The predicted octanol–water partition coefficient (Wildman–Crippen LogP) is 0.0932. The van der Waals surface area contributed by atoms with Crippen molar-refractivity contribution in [1.82, 2.24) is 5.32 Å². The Morgan fingerprint density at radius 2 is 2.07 bits per heavy atom. The lowest BCUT2D eigenvalue weighted by Gasteiger charge is -2.21. The number of carboxylic acid groups (broad SMARTS) is 1. The zero-order chi connectivity index (χ0) is 11.6. The van der Waals surface area contributed by atoms with Crippen LogP contribution in [0.1, 0.15) is 33.1 Å². The summed E-state index contributed by atoms with van der Waals surface area (Å²) in [6.07, 6.45) is 1.99. The lowest BCUT2D eigenvalue weighted by molar-refractivity contribution is -0.143. The van der Waals surface area contributed by atoms with Crippen molar-refractivity contribution in [2.75, 3.05) is 0 Å². The number of carbonyl (C=O) groups is 2. The normalized spacial score (nSPS) is 21.5. The van der Waals surface area contributed by atoms with E-state index in [1.54, 1.807) is 6.92 Å². The van der Waals surface area contributed by atoms with Crippen LogP contribution in [0.2, 0.25) is 0 Å². The molecule has 0 aromatic rings. The molecular formula is C10H18N2O3. The van der Waals surface area contributed by atoms with Crippen molar-refractivity contribution in [3.8, 4) is 0 Å². The van der Waals surface area contributed by atoms with Crippen LogP contribution in [0.5, 0.6) is 0 Å². The van der Waals surface area contributed by atoms with Crippen molar-refractivity contribution >= 4 is 11.9 Å². The van der Waals surface area contributed by atoms with E-state index in [9.17, 15) is 9.59 Å². The third-order valence-corrected chi connectivity index (χ3v) is 3.01. The molecule has 0 aliphatic heterocycles. The van der Waals surface area contributed by atoms with Gasteiger partial charge in [0.05, 0.1) is 5.54 Å². The number of nitrogens with one attached hydrogen (secondary N) is 1. The van der Waals surface area contributed by atoms with Crippen molar-refractivity contribution < 1.29 is 14.7 Å². The van der Waals surface area contributed by atoms with E-state index in [2.05, 4.69) is 5.32 Å². The maximum atomic E-state index is 11.6. The highest BCUT2D eigenvalue weighted by Crippen LogP contribution is 2.32. The molecule has 2 atom stereocenters. The fourth-order valence-electron chi connectivity index (χ4n) is 1.33. The average Bonchev–Trinajstić information content (AvgIpc) is 2.92. The Morgan fingerprint density at radius 1 is 1.53 bits per heavy atom. The van der Waals surface area contributed by atoms with Crippen molar-refractivity contribution in [3.63, 3.8) is 0 Å². The summed E-state index contributed by atoms with van der Waals surface area (Å²) < 4.78 is 0. The van der Waals surface area contributed by atoms with E-state index >= 15 is 0 Å². The third-order valence-electron chi connectivity index (χ3n) is 3.01. The Labute approximate surface area is 89.0 Å². The molecule has 1 aliphatic carbocycles. The van der Waals surface area contributed by atoms with Gasteiger partial charge < -0.3 is 16.2 Å². The molecular weight excluding hydrogens is 196 g/mol. The monoisotopic (exact) mass is 214 g/mol. The SMILES string of the molecule is CCC(C)[C@H](NC(=O)C1(N)CC1)C(=O)O. The van der Waals surface area contributed by atoms with Gasteiger partial charge in [-0.15, -0.1) is 0 Å². The van der Waals surface area contributed by atoms with Gasteiger partial charge in [-0.05, 0) is 18.8 Å². The summed E-state index contributed by atoms with van der Waals surface area (Å²) >= 11 is 0. The van der Waals surface area contributed by atoms with E-state index < -0.39 is 17.6 Å². The molecule has 5 nitrogen and oxygen atoms in total. The first-order valence-electron chi connectivity index (χ1n) is 5.23. The van der Waals surface area contributed by atoms with Crippen LogP contribution < -0.4 is 11.1 Å². The Bertz CT molecular complexity index is 274. The van der Waals surface area contributed by atoms with Gasteiger partial charge in [-0.1, -0.05) is 20.3 Å². The van der Waals surface area contributed by atoms with Crippen LogP contribution in [-0.4, -0.2) is 28.6 Å². The lowest BCUT2D eigenvalue weighted by Crippen LogP contribution is -2.52. The molecule has 4 N–H and O–H groups in total. The fraction of sp³-hybridized carbons (Fsp3) is 0.800. The molecule has 1 aliphatic rings. The molecule has 0 spiro atoms. The molecule has 1 amide bonds. The van der Waals surface area contributed by atoms with Crippen molar-refractivity contribution in [2.45, 2.75) is 44.7 Å². The minimum Gasteiger partial charge on any atom is -0.480 e. The van der Waals surface area contributed by atoms with E-state index in [4.69, 9.17) is 10.8 Å². The highest BCUT2D eigenvalue weighted by atomic mass is 16.4. The standard InChI is InChI=1S/C10H18N2O3/c1-3-6(2)7(8(13)14)12-9(15)10(11)4-5-10/h6-7H,3-5,11H2,1-2H3,(H,12,15)(H,13,14)/t6?,7-/m0/s1. The summed E-state index contributed by atoms with van der Waals surface area (Å²) in [5, 5.41) is 11.5. The number of rotatable bonds is 5. The van der Waals surface area contributed by atoms with Crippen LogP contribution in [0.15, 0.2) is 0 Å². The van der Waals surface area contributed by atoms with Crippen molar-refractivity contribution in [2.24, 2.45) is 11.7 Å². The van der Waals surface area contributed by atoms with Gasteiger partial charge in [0, 0.05) is 0 Å². The summed E-state index contributed by atoms with van der Waals surface area (Å²) in [6, 6.07) is -0.830. The summed E-state index contributed by atoms with van der Waals surface area (Å²) in [7, 11) is 0. The van der Waals surface area contributed by atoms with Gasteiger partial charge in [-0.25, -0.2) is 4.79 Å². The number of carbonyl (C=O) groups excluding carboxylic acids is 1. The summed E-state index contributed by atoms with van der Waals surface area (Å²) in [5.74, 6) is -1.43. The van der Waals surface area contributed by atoms with Gasteiger partial charge in [0.25, 0.3) is 0 Å². The number of amides is 1. The predicted molar refractivity (Wildman–Crippen MR) is 55.2 cm³/mol. The number of aliphatic carboxylic acids is 1. The number of carboxylic acids is 1. The first-order valence-corrected chi connectivity index (χ1v) is 5.23. The molecule has 0 aromatic carbocycles. The fourth-order valence-corrected chi connectivity index (χ4v) is 1.33. The Balaban J connectivity index is 2.58. The minimum absolute atomic E-state index is 0.0891. The van der Waals surface area contributed by atoms with Crippen LogP contribution >= 0.6 is 0 Å². The maximum Gasteiger partial charge on any atom is 0.326 e. The Hall–Kier alpha value is -1.10. The third kappa shape index (κ3) is 2.68. The van der Waals surface area contributed by atoms with Gasteiger partial charge in [0.1, 0.15) is 6.04 Å². The molecule has 5 heteroatoms. The van der Waals surface area contributed by atoms with E-state index in [1.807, 2.05) is 6.92 Å². The summed E-state index contributed by atoms with van der Waals surface area (Å²) in [6.45, 7) is 3.69. The van der Waals surface area contributed by atoms with Crippen LogP contribution in [0.4, 0.5) is 0 Å². The smallest absolute Gasteiger partial charge is 0.326 e. The Morgan fingerprint density at radius 3 is 2.40 bits per heavy atom. The van der Waals surface area contributed by atoms with Crippen molar-refractivity contribution in [1.29, 1.82) is 0 Å². The zero-order valence-electron chi connectivity index (χ0n) is 9.12. The number of hydrogen-bond acceptors (Lipinski definition) is 3. The first-order chi connectivity index (χ1) is 6.90. The summed E-state index contributed by atoms with van der Waals surface area (Å²) in [4.78, 5) is 22.5. The molecule has 0 radical (unpaired) electrons. The van der Waals surface area contributed by atoms with Crippen LogP contribution in [0, 0.1) is 5.92 Å². The second-order valence-corrected chi connectivity index (χ2v) is 4.33. The van der Waals surface area contributed by atoms with E-state index in [0.717, 1.165) is 0 Å². The van der Waals surface area contributed by atoms with Gasteiger partial charge in [-0.2, -0.15) is 0 Å². The van der Waals surface area contributed by atoms with E-state index in [-0.39, 0.29) is 11.8 Å². The quantitative estimate of drug-likeness (QED) is 0.605. The molecule has 1 fully saturated rings. The molecule has 1 saturated carbocycles. The molecule has 1 rings (SSSR count). The van der Waals surface area contributed by atoms with Crippen LogP contribution in [0.3, 0.4) is 0 Å². The number of hydrogen-bond donors (Lipinski definition) is 3. The topological polar surface area (TPSA) is 92.4 Å². The number of nitrogens with two attached hydrogens (primary N) is 1. The second kappa shape index (κ2) is 4.18. The van der Waals surface area contributed by atoms with Gasteiger partial charge in [0.2, 0.25) is 5.91 Å². The Kier molecular flexibility index (Phi) is 3.34. The lowest BCUT2D eigenvalue weighted by atomic mass is 9.99. The van der Waals surface area contributed by atoms with Crippen LogP contribution in [0.25, 0.3) is 0 Å². The molecule has 0 heterocycles. The molecule has 15 heavy (non-hydrogen) atoms. The summed E-state index contributed by atoms with van der Waals surface area (Å²) in [5.41, 5.74) is 4.87. The average molecular weight is 214 g/mol. The highest BCUT2D eigenvalue weighted by Gasteiger charge is 2.47.